The van der Waals surface area contributed by atoms with Crippen LogP contribution in [0.4, 0.5) is 0 Å². The molecule has 0 bridgehead atoms. The molecular formula is C16H17Cl2N. The third kappa shape index (κ3) is 3.97. The highest BCUT2D eigenvalue weighted by molar-refractivity contribution is 6.33. The van der Waals surface area contributed by atoms with Gasteiger partial charge in [-0.15, -0.1) is 0 Å². The largest absolute Gasteiger partial charge is 0.306 e. The maximum Gasteiger partial charge on any atom is 0.0451 e. The minimum absolute atomic E-state index is 0.274. The molecule has 0 amide bonds. The molecule has 3 heteroatoms. The molecule has 0 aliphatic carbocycles. The van der Waals surface area contributed by atoms with Gasteiger partial charge < -0.3 is 5.32 Å². The highest BCUT2D eigenvalue weighted by Gasteiger charge is 2.06. The molecule has 0 radical (unpaired) electrons. The maximum absolute atomic E-state index is 6.15. The molecule has 2 rings (SSSR count). The summed E-state index contributed by atoms with van der Waals surface area (Å²) in [7, 11) is 0. The van der Waals surface area contributed by atoms with Crippen molar-refractivity contribution in [1.82, 2.24) is 5.32 Å². The van der Waals surface area contributed by atoms with E-state index in [0.717, 1.165) is 10.6 Å². The predicted octanol–water partition coefficient (Wildman–Crippen LogP) is 5.15. The summed E-state index contributed by atoms with van der Waals surface area (Å²) in [6.45, 7) is 4.94. The lowest BCUT2D eigenvalue weighted by atomic mass is 10.1. The van der Waals surface area contributed by atoms with E-state index in [4.69, 9.17) is 23.2 Å². The van der Waals surface area contributed by atoms with E-state index in [2.05, 4.69) is 43.4 Å². The van der Waals surface area contributed by atoms with Gasteiger partial charge in [-0.05, 0) is 43.2 Å². The Morgan fingerprint density at radius 1 is 1.05 bits per heavy atom. The van der Waals surface area contributed by atoms with Crippen LogP contribution < -0.4 is 5.32 Å². The molecule has 0 spiro atoms. The molecule has 100 valence electrons. The van der Waals surface area contributed by atoms with Crippen molar-refractivity contribution in [2.45, 2.75) is 26.4 Å². The number of aryl methyl sites for hydroxylation is 1. The fourth-order valence-corrected chi connectivity index (χ4v) is 2.29. The fourth-order valence-electron chi connectivity index (χ4n) is 1.91. The van der Waals surface area contributed by atoms with Crippen LogP contribution in [0.15, 0.2) is 42.5 Å². The SMILES string of the molecule is Cc1ccc([C@H](C)NCc2cc(Cl)ccc2Cl)cc1. The summed E-state index contributed by atoms with van der Waals surface area (Å²) in [5, 5.41) is 4.92. The van der Waals surface area contributed by atoms with Crippen LogP contribution >= 0.6 is 23.2 Å². The Morgan fingerprint density at radius 3 is 2.42 bits per heavy atom. The quantitative estimate of drug-likeness (QED) is 0.822. The van der Waals surface area contributed by atoms with Crippen LogP contribution in [-0.4, -0.2) is 0 Å². The second-order valence-electron chi connectivity index (χ2n) is 4.75. The average molecular weight is 294 g/mol. The lowest BCUT2D eigenvalue weighted by Crippen LogP contribution is -2.18. The first-order valence-electron chi connectivity index (χ1n) is 6.30. The van der Waals surface area contributed by atoms with E-state index < -0.39 is 0 Å². The van der Waals surface area contributed by atoms with E-state index >= 15 is 0 Å². The van der Waals surface area contributed by atoms with Crippen molar-refractivity contribution in [2.75, 3.05) is 0 Å². The van der Waals surface area contributed by atoms with Crippen molar-refractivity contribution in [2.24, 2.45) is 0 Å². The van der Waals surface area contributed by atoms with Crippen LogP contribution in [0.5, 0.6) is 0 Å². The van der Waals surface area contributed by atoms with Gasteiger partial charge in [-0.25, -0.2) is 0 Å². The Balaban J connectivity index is 2.02. The van der Waals surface area contributed by atoms with Crippen molar-refractivity contribution in [3.8, 4) is 0 Å². The highest BCUT2D eigenvalue weighted by atomic mass is 35.5. The monoisotopic (exact) mass is 293 g/mol. The summed E-state index contributed by atoms with van der Waals surface area (Å²) in [6.07, 6.45) is 0. The van der Waals surface area contributed by atoms with E-state index in [9.17, 15) is 0 Å². The Labute approximate surface area is 124 Å². The van der Waals surface area contributed by atoms with Crippen LogP contribution in [0.3, 0.4) is 0 Å². The number of nitrogens with one attached hydrogen (secondary N) is 1. The lowest BCUT2D eigenvalue weighted by Gasteiger charge is -2.15. The summed E-state index contributed by atoms with van der Waals surface area (Å²) in [5.74, 6) is 0. The van der Waals surface area contributed by atoms with Crippen molar-refractivity contribution >= 4 is 23.2 Å². The molecule has 0 aliphatic rings. The zero-order valence-corrected chi connectivity index (χ0v) is 12.6. The summed E-state index contributed by atoms with van der Waals surface area (Å²) in [4.78, 5) is 0. The maximum atomic E-state index is 6.15. The first-order valence-corrected chi connectivity index (χ1v) is 7.06. The molecule has 0 aromatic heterocycles. The molecular weight excluding hydrogens is 277 g/mol. The molecule has 1 atom stereocenters. The number of hydrogen-bond donors (Lipinski definition) is 1. The van der Waals surface area contributed by atoms with Crippen molar-refractivity contribution in [3.63, 3.8) is 0 Å². The predicted molar refractivity (Wildman–Crippen MR) is 82.9 cm³/mol. The summed E-state index contributed by atoms with van der Waals surface area (Å²) in [6, 6.07) is 14.3. The van der Waals surface area contributed by atoms with E-state index in [1.807, 2.05) is 12.1 Å². The first kappa shape index (κ1) is 14.4. The molecule has 0 aliphatic heterocycles. The van der Waals surface area contributed by atoms with Gasteiger partial charge in [-0.2, -0.15) is 0 Å². The van der Waals surface area contributed by atoms with Crippen molar-refractivity contribution < 1.29 is 0 Å². The van der Waals surface area contributed by atoms with Crippen LogP contribution in [0.1, 0.15) is 29.7 Å². The van der Waals surface area contributed by atoms with Gasteiger partial charge in [0.05, 0.1) is 0 Å². The summed E-state index contributed by atoms with van der Waals surface area (Å²) >= 11 is 12.1. The number of hydrogen-bond acceptors (Lipinski definition) is 1. The number of rotatable bonds is 4. The smallest absolute Gasteiger partial charge is 0.0451 e. The third-order valence-corrected chi connectivity index (χ3v) is 3.79. The molecule has 1 nitrogen and oxygen atoms in total. The second-order valence-corrected chi connectivity index (χ2v) is 5.59. The van der Waals surface area contributed by atoms with E-state index in [1.165, 1.54) is 11.1 Å². The molecule has 2 aromatic rings. The molecule has 0 heterocycles. The van der Waals surface area contributed by atoms with Crippen LogP contribution in [0.2, 0.25) is 10.0 Å². The Hall–Kier alpha value is -1.02. The molecule has 19 heavy (non-hydrogen) atoms. The Bertz CT molecular complexity index is 549. The first-order chi connectivity index (χ1) is 9.06. The van der Waals surface area contributed by atoms with Gasteiger partial charge in [0.1, 0.15) is 0 Å². The summed E-state index contributed by atoms with van der Waals surface area (Å²) < 4.78 is 0. The normalized spacial score (nSPS) is 12.4. The van der Waals surface area contributed by atoms with Crippen LogP contribution in [0, 0.1) is 6.92 Å². The lowest BCUT2D eigenvalue weighted by molar-refractivity contribution is 0.575. The van der Waals surface area contributed by atoms with Gasteiger partial charge in [0.15, 0.2) is 0 Å². The van der Waals surface area contributed by atoms with E-state index in [0.29, 0.717) is 11.6 Å². The number of benzene rings is 2. The molecule has 2 aromatic carbocycles. The minimum Gasteiger partial charge on any atom is -0.306 e. The van der Waals surface area contributed by atoms with Crippen LogP contribution in [0.25, 0.3) is 0 Å². The Kier molecular flexibility index (Phi) is 4.87. The topological polar surface area (TPSA) is 12.0 Å². The van der Waals surface area contributed by atoms with Crippen molar-refractivity contribution in [1.29, 1.82) is 0 Å². The minimum atomic E-state index is 0.274. The molecule has 0 saturated carbocycles. The zero-order chi connectivity index (χ0) is 13.8. The third-order valence-electron chi connectivity index (χ3n) is 3.18. The average Bonchev–Trinajstić information content (AvgIpc) is 2.40. The van der Waals surface area contributed by atoms with E-state index in [-0.39, 0.29) is 6.04 Å². The van der Waals surface area contributed by atoms with E-state index in [1.54, 1.807) is 6.07 Å². The van der Waals surface area contributed by atoms with Crippen molar-refractivity contribution in [3.05, 3.63) is 69.2 Å². The van der Waals surface area contributed by atoms with Gasteiger partial charge in [0.2, 0.25) is 0 Å². The molecule has 0 unspecified atom stereocenters. The standard InChI is InChI=1S/C16H17Cl2N/c1-11-3-5-13(6-4-11)12(2)19-10-14-9-15(17)7-8-16(14)18/h3-9,12,19H,10H2,1-2H3/t12-/m0/s1. The summed E-state index contributed by atoms with van der Waals surface area (Å²) in [5.41, 5.74) is 3.56. The van der Waals surface area contributed by atoms with Gasteiger partial charge in [-0.1, -0.05) is 53.0 Å². The van der Waals surface area contributed by atoms with Gasteiger partial charge in [0, 0.05) is 22.6 Å². The molecule has 0 saturated heterocycles. The van der Waals surface area contributed by atoms with Crippen LogP contribution in [-0.2, 0) is 6.54 Å². The van der Waals surface area contributed by atoms with Gasteiger partial charge in [0.25, 0.3) is 0 Å². The fraction of sp³-hybridized carbons (Fsp3) is 0.250. The second kappa shape index (κ2) is 6.42. The van der Waals surface area contributed by atoms with Gasteiger partial charge >= 0.3 is 0 Å². The Morgan fingerprint density at radius 2 is 1.74 bits per heavy atom. The zero-order valence-electron chi connectivity index (χ0n) is 11.1. The molecule has 1 N–H and O–H groups in total. The number of halogens is 2. The highest BCUT2D eigenvalue weighted by Crippen LogP contribution is 2.21. The van der Waals surface area contributed by atoms with Gasteiger partial charge in [-0.3, -0.25) is 0 Å². The molecule has 0 fully saturated rings.